The molecule has 0 aliphatic heterocycles. The number of aryl methyl sites for hydroxylation is 1. The fraction of sp³-hybridized carbons (Fsp3) is 0.500. The summed E-state index contributed by atoms with van der Waals surface area (Å²) < 4.78 is 32.1. The SMILES string of the molecule is O=c1occ(CC[Si]C(F)F)o1. The zero-order valence-electron chi connectivity index (χ0n) is 6.05. The van der Waals surface area contributed by atoms with E-state index in [1.807, 2.05) is 0 Å². The van der Waals surface area contributed by atoms with Crippen LogP contribution in [-0.2, 0) is 6.42 Å². The lowest BCUT2D eigenvalue weighted by Gasteiger charge is -1.93. The van der Waals surface area contributed by atoms with Crippen LogP contribution in [0, 0.1) is 0 Å². The minimum Gasteiger partial charge on any atom is -0.399 e. The van der Waals surface area contributed by atoms with E-state index < -0.39 is 21.4 Å². The third kappa shape index (κ3) is 2.99. The molecule has 3 nitrogen and oxygen atoms in total. The Morgan fingerprint density at radius 2 is 2.33 bits per heavy atom. The number of alkyl halides is 2. The number of hydrogen-bond acceptors (Lipinski definition) is 3. The van der Waals surface area contributed by atoms with Crippen molar-refractivity contribution in [3.8, 4) is 0 Å². The second-order valence-corrected chi connectivity index (χ2v) is 3.40. The maximum absolute atomic E-state index is 11.6. The third-order valence-electron chi connectivity index (χ3n) is 1.17. The van der Waals surface area contributed by atoms with Crippen molar-refractivity contribution in [3.05, 3.63) is 22.6 Å². The highest BCUT2D eigenvalue weighted by molar-refractivity contribution is 6.36. The quantitative estimate of drug-likeness (QED) is 0.671. The predicted molar refractivity (Wildman–Crippen MR) is 37.5 cm³/mol. The highest BCUT2D eigenvalue weighted by Crippen LogP contribution is 2.02. The highest BCUT2D eigenvalue weighted by Gasteiger charge is 2.06. The highest BCUT2D eigenvalue weighted by atomic mass is 28.2. The summed E-state index contributed by atoms with van der Waals surface area (Å²) >= 11 is 0. The molecule has 0 spiro atoms. The molecule has 1 heterocycles. The molecule has 0 fully saturated rings. The van der Waals surface area contributed by atoms with Gasteiger partial charge in [-0.2, -0.15) is 0 Å². The van der Waals surface area contributed by atoms with E-state index in [-0.39, 0.29) is 0 Å². The average Bonchev–Trinajstić information content (AvgIpc) is 2.35. The van der Waals surface area contributed by atoms with E-state index in [1.165, 1.54) is 0 Å². The first-order valence-corrected chi connectivity index (χ1v) is 4.56. The lowest BCUT2D eigenvalue weighted by atomic mass is 10.4. The van der Waals surface area contributed by atoms with Crippen LogP contribution in [0.5, 0.6) is 0 Å². The Hall–Kier alpha value is -0.913. The molecular formula is C6H6F2O3Si. The van der Waals surface area contributed by atoms with Gasteiger partial charge in [0.2, 0.25) is 6.05 Å². The molecule has 12 heavy (non-hydrogen) atoms. The zero-order valence-corrected chi connectivity index (χ0v) is 7.05. The van der Waals surface area contributed by atoms with Crippen molar-refractivity contribution < 1.29 is 17.6 Å². The molecule has 0 saturated heterocycles. The molecule has 0 aliphatic rings. The first kappa shape index (κ1) is 9.18. The summed E-state index contributed by atoms with van der Waals surface area (Å²) in [5.74, 6) is -0.460. The predicted octanol–water partition coefficient (Wildman–Crippen LogP) is 1.12. The zero-order chi connectivity index (χ0) is 8.97. The van der Waals surface area contributed by atoms with Crippen molar-refractivity contribution >= 4 is 9.52 Å². The van der Waals surface area contributed by atoms with Crippen LogP contribution in [0.1, 0.15) is 5.76 Å². The van der Waals surface area contributed by atoms with Crippen LogP contribution >= 0.6 is 0 Å². The molecule has 66 valence electrons. The van der Waals surface area contributed by atoms with Crippen molar-refractivity contribution in [2.24, 2.45) is 0 Å². The lowest BCUT2D eigenvalue weighted by molar-refractivity contribution is 0.237. The number of hydrogen-bond donors (Lipinski definition) is 0. The molecule has 0 aromatic carbocycles. The van der Waals surface area contributed by atoms with Gasteiger partial charge in [0, 0.05) is 6.42 Å². The van der Waals surface area contributed by atoms with Crippen LogP contribution in [0.3, 0.4) is 0 Å². The summed E-state index contributed by atoms with van der Waals surface area (Å²) in [7, 11) is -0.414. The molecule has 6 heteroatoms. The Labute approximate surface area is 69.2 Å². The summed E-state index contributed by atoms with van der Waals surface area (Å²) in [6, 6.07) is -1.95. The molecule has 0 amide bonds. The van der Waals surface area contributed by atoms with Crippen molar-refractivity contribution in [1.29, 1.82) is 0 Å². The Morgan fingerprint density at radius 3 is 2.83 bits per heavy atom. The van der Waals surface area contributed by atoms with Gasteiger partial charge in [-0.25, -0.2) is 13.6 Å². The van der Waals surface area contributed by atoms with Gasteiger partial charge in [-0.3, -0.25) is 0 Å². The molecule has 2 radical (unpaired) electrons. The van der Waals surface area contributed by atoms with E-state index in [9.17, 15) is 13.6 Å². The van der Waals surface area contributed by atoms with E-state index >= 15 is 0 Å². The van der Waals surface area contributed by atoms with Gasteiger partial charge < -0.3 is 8.83 Å². The van der Waals surface area contributed by atoms with Crippen molar-refractivity contribution in [3.63, 3.8) is 0 Å². The largest absolute Gasteiger partial charge is 0.518 e. The second-order valence-electron chi connectivity index (χ2n) is 2.06. The summed E-state index contributed by atoms with van der Waals surface area (Å²) in [4.78, 5) is 10.3. The third-order valence-corrected chi connectivity index (χ3v) is 2.02. The van der Waals surface area contributed by atoms with E-state index in [2.05, 4.69) is 8.83 Å². The fourth-order valence-electron chi connectivity index (χ4n) is 0.683. The molecule has 0 N–H and O–H groups in total. The molecule has 0 atom stereocenters. The van der Waals surface area contributed by atoms with Gasteiger partial charge in [-0.1, -0.05) is 0 Å². The molecule has 1 aromatic rings. The molecule has 0 bridgehead atoms. The molecule has 0 unspecified atom stereocenters. The smallest absolute Gasteiger partial charge is 0.399 e. The Morgan fingerprint density at radius 1 is 1.58 bits per heavy atom. The summed E-state index contributed by atoms with van der Waals surface area (Å²) in [6.07, 6.45) is 1.48. The van der Waals surface area contributed by atoms with Gasteiger partial charge in [0.15, 0.2) is 0 Å². The number of halogens is 2. The summed E-state index contributed by atoms with van der Waals surface area (Å²) in [5.41, 5.74) is 0. The monoisotopic (exact) mass is 192 g/mol. The first-order chi connectivity index (χ1) is 5.68. The van der Waals surface area contributed by atoms with Crippen LogP contribution in [0.2, 0.25) is 6.04 Å². The van der Waals surface area contributed by atoms with Gasteiger partial charge >= 0.3 is 5.82 Å². The minimum absolute atomic E-state index is 0.320. The van der Waals surface area contributed by atoms with Crippen LogP contribution in [0.25, 0.3) is 0 Å². The van der Waals surface area contributed by atoms with E-state index in [4.69, 9.17) is 0 Å². The maximum Gasteiger partial charge on any atom is 0.518 e. The second kappa shape index (κ2) is 4.20. The Balaban J connectivity index is 2.29. The molecule has 0 aliphatic carbocycles. The van der Waals surface area contributed by atoms with Crippen molar-refractivity contribution in [2.45, 2.75) is 18.5 Å². The summed E-state index contributed by atoms with van der Waals surface area (Å²) in [5, 5.41) is 0. The van der Waals surface area contributed by atoms with Gasteiger partial charge in [0.1, 0.15) is 21.5 Å². The van der Waals surface area contributed by atoms with Crippen LogP contribution in [0.15, 0.2) is 19.9 Å². The van der Waals surface area contributed by atoms with Gasteiger partial charge in [-0.05, 0) is 6.04 Å². The topological polar surface area (TPSA) is 43.4 Å². The molecule has 1 rings (SSSR count). The Kier molecular flexibility index (Phi) is 3.21. The average molecular weight is 192 g/mol. The van der Waals surface area contributed by atoms with Gasteiger partial charge in [0.05, 0.1) is 0 Å². The van der Waals surface area contributed by atoms with Gasteiger partial charge in [0.25, 0.3) is 0 Å². The van der Waals surface area contributed by atoms with Crippen molar-refractivity contribution in [2.75, 3.05) is 0 Å². The maximum atomic E-state index is 11.6. The Bertz CT molecular complexity index is 280. The standard InChI is InChI=1S/C6H6F2O3Si/c7-5(8)12-2-1-4-3-10-6(9)11-4/h3,5H,1-2H2. The van der Waals surface area contributed by atoms with Crippen molar-refractivity contribution in [1.82, 2.24) is 0 Å². The normalized spacial score (nSPS) is 10.9. The lowest BCUT2D eigenvalue weighted by Crippen LogP contribution is -2.04. The van der Waals surface area contributed by atoms with Crippen LogP contribution in [-0.4, -0.2) is 15.6 Å². The van der Waals surface area contributed by atoms with E-state index in [1.54, 1.807) is 0 Å². The first-order valence-electron chi connectivity index (χ1n) is 3.27. The minimum atomic E-state index is -2.27. The molecular weight excluding hydrogens is 186 g/mol. The summed E-state index contributed by atoms with van der Waals surface area (Å²) in [6.45, 7) is 0. The van der Waals surface area contributed by atoms with Crippen LogP contribution < -0.4 is 5.82 Å². The van der Waals surface area contributed by atoms with Gasteiger partial charge in [-0.15, -0.1) is 0 Å². The molecule has 1 aromatic heterocycles. The van der Waals surface area contributed by atoms with Crippen LogP contribution in [0.4, 0.5) is 8.78 Å². The van der Waals surface area contributed by atoms with E-state index in [0.29, 0.717) is 18.2 Å². The molecule has 0 saturated carbocycles. The van der Waals surface area contributed by atoms with E-state index in [0.717, 1.165) is 6.26 Å². The fourth-order valence-corrected chi connectivity index (χ4v) is 1.29. The number of rotatable bonds is 4.